The predicted molar refractivity (Wildman–Crippen MR) is 86.6 cm³/mol. The monoisotopic (exact) mass is 309 g/mol. The molecule has 1 aromatic carbocycles. The third kappa shape index (κ3) is 3.65. The molecule has 108 valence electrons. The molecule has 0 unspecified atom stereocenters. The lowest BCUT2D eigenvalue weighted by molar-refractivity contribution is -0.122. The van der Waals surface area contributed by atoms with Crippen LogP contribution in [0, 0.1) is 3.95 Å². The van der Waals surface area contributed by atoms with Crippen LogP contribution in [0.15, 0.2) is 24.3 Å². The van der Waals surface area contributed by atoms with Crippen LogP contribution in [0.1, 0.15) is 13.3 Å². The second kappa shape index (κ2) is 6.97. The van der Waals surface area contributed by atoms with E-state index in [1.54, 1.807) is 11.3 Å². The first kappa shape index (κ1) is 15.2. The van der Waals surface area contributed by atoms with E-state index in [1.807, 2.05) is 31.0 Å². The highest BCUT2D eigenvalue weighted by Gasteiger charge is 2.09. The summed E-state index contributed by atoms with van der Waals surface area (Å²) >= 11 is 7.01. The molecule has 0 spiro atoms. The summed E-state index contributed by atoms with van der Waals surface area (Å²) in [6, 6.07) is 8.15. The molecule has 4 nitrogen and oxygen atoms in total. The van der Waals surface area contributed by atoms with Crippen LogP contribution in [-0.4, -0.2) is 35.5 Å². The number of fused-ring (bicyclic) bond motifs is 1. The van der Waals surface area contributed by atoms with Crippen molar-refractivity contribution in [1.29, 1.82) is 0 Å². The Labute approximate surface area is 128 Å². The molecule has 0 atom stereocenters. The van der Waals surface area contributed by atoms with Crippen molar-refractivity contribution in [3.05, 3.63) is 28.2 Å². The summed E-state index contributed by atoms with van der Waals surface area (Å²) < 4.78 is 4.09. The number of likely N-dealkylation sites (N-methyl/N-ethyl adjacent to an activating group) is 1. The van der Waals surface area contributed by atoms with Crippen molar-refractivity contribution in [3.8, 4) is 0 Å². The Bertz CT molecular complexity index is 647. The van der Waals surface area contributed by atoms with Crippen molar-refractivity contribution in [1.82, 2.24) is 14.8 Å². The van der Waals surface area contributed by atoms with Gasteiger partial charge in [-0.3, -0.25) is 9.69 Å². The number of nitrogens with zero attached hydrogens (tertiary/aromatic N) is 2. The van der Waals surface area contributed by atoms with E-state index in [2.05, 4.69) is 22.0 Å². The van der Waals surface area contributed by atoms with E-state index in [-0.39, 0.29) is 5.91 Å². The fraction of sp³-hybridized carbons (Fsp3) is 0.429. The Balaban J connectivity index is 2.06. The van der Waals surface area contributed by atoms with Crippen LogP contribution in [0.4, 0.5) is 0 Å². The molecule has 1 amide bonds. The van der Waals surface area contributed by atoms with Gasteiger partial charge < -0.3 is 9.88 Å². The smallest absolute Gasteiger partial charge is 0.234 e. The lowest BCUT2D eigenvalue weighted by atomic mass is 10.3. The lowest BCUT2D eigenvalue weighted by Crippen LogP contribution is -2.36. The number of hydrogen-bond donors (Lipinski definition) is 1. The van der Waals surface area contributed by atoms with Gasteiger partial charge in [0.1, 0.15) is 0 Å². The van der Waals surface area contributed by atoms with Crippen molar-refractivity contribution in [2.24, 2.45) is 0 Å². The number of hydrogen-bond acceptors (Lipinski definition) is 4. The summed E-state index contributed by atoms with van der Waals surface area (Å²) in [5.74, 6) is 0.0559. The highest BCUT2D eigenvalue weighted by Crippen LogP contribution is 2.22. The maximum Gasteiger partial charge on any atom is 0.234 e. The largest absolute Gasteiger partial charge is 0.355 e. The molecule has 0 saturated heterocycles. The zero-order chi connectivity index (χ0) is 14.5. The Hall–Kier alpha value is -1.24. The van der Waals surface area contributed by atoms with E-state index >= 15 is 0 Å². The van der Waals surface area contributed by atoms with Gasteiger partial charge in [0, 0.05) is 6.54 Å². The zero-order valence-corrected chi connectivity index (χ0v) is 13.4. The van der Waals surface area contributed by atoms with Gasteiger partial charge in [0.05, 0.1) is 23.4 Å². The molecule has 0 aliphatic carbocycles. The molecular weight excluding hydrogens is 290 g/mol. The number of rotatable bonds is 6. The van der Waals surface area contributed by atoms with Crippen LogP contribution in [0.2, 0.25) is 0 Å². The van der Waals surface area contributed by atoms with E-state index in [1.165, 1.54) is 4.70 Å². The van der Waals surface area contributed by atoms with Gasteiger partial charge in [-0.1, -0.05) is 19.1 Å². The molecule has 1 N–H and O–H groups in total. The second-order valence-electron chi connectivity index (χ2n) is 4.77. The first-order valence-electron chi connectivity index (χ1n) is 6.65. The van der Waals surface area contributed by atoms with Gasteiger partial charge in [-0.2, -0.15) is 0 Å². The molecule has 0 radical (unpaired) electrons. The molecule has 6 heteroatoms. The predicted octanol–water partition coefficient (Wildman–Crippen LogP) is 2.85. The van der Waals surface area contributed by atoms with Gasteiger partial charge in [0.25, 0.3) is 0 Å². The van der Waals surface area contributed by atoms with Crippen LogP contribution in [0.3, 0.4) is 0 Å². The van der Waals surface area contributed by atoms with Gasteiger partial charge in [0.15, 0.2) is 3.95 Å². The average molecular weight is 309 g/mol. The molecule has 2 aromatic rings. The molecule has 1 aromatic heterocycles. The number of para-hydroxylation sites is 1. The minimum atomic E-state index is 0.0559. The van der Waals surface area contributed by atoms with Crippen molar-refractivity contribution in [2.75, 3.05) is 20.1 Å². The summed E-state index contributed by atoms with van der Waals surface area (Å²) in [4.78, 5) is 13.7. The molecule has 20 heavy (non-hydrogen) atoms. The Kier molecular flexibility index (Phi) is 5.28. The summed E-state index contributed by atoms with van der Waals surface area (Å²) in [6.07, 6.45) is 0.954. The van der Waals surface area contributed by atoms with Crippen LogP contribution in [0.5, 0.6) is 0 Å². The molecule has 0 saturated carbocycles. The van der Waals surface area contributed by atoms with Gasteiger partial charge in [-0.05, 0) is 37.8 Å². The fourth-order valence-corrected chi connectivity index (χ4v) is 3.31. The molecule has 2 rings (SSSR count). The third-order valence-electron chi connectivity index (χ3n) is 2.94. The van der Waals surface area contributed by atoms with Crippen molar-refractivity contribution >= 4 is 39.7 Å². The Morgan fingerprint density at radius 3 is 2.95 bits per heavy atom. The number of amides is 1. The van der Waals surface area contributed by atoms with Crippen molar-refractivity contribution in [3.63, 3.8) is 0 Å². The minimum Gasteiger partial charge on any atom is -0.355 e. The maximum atomic E-state index is 11.7. The van der Waals surface area contributed by atoms with E-state index in [0.29, 0.717) is 13.2 Å². The number of thiazole rings is 1. The third-order valence-corrected chi connectivity index (χ3v) is 4.37. The first-order valence-corrected chi connectivity index (χ1v) is 7.88. The lowest BCUT2D eigenvalue weighted by Gasteiger charge is -2.17. The van der Waals surface area contributed by atoms with Gasteiger partial charge in [-0.15, -0.1) is 11.3 Å². The van der Waals surface area contributed by atoms with E-state index in [0.717, 1.165) is 22.4 Å². The minimum absolute atomic E-state index is 0.0559. The molecule has 0 aliphatic rings. The zero-order valence-electron chi connectivity index (χ0n) is 11.8. The van der Waals surface area contributed by atoms with Crippen LogP contribution in [0.25, 0.3) is 10.2 Å². The van der Waals surface area contributed by atoms with Crippen LogP contribution in [-0.2, 0) is 11.5 Å². The fourth-order valence-electron chi connectivity index (χ4n) is 2.00. The molecule has 0 fully saturated rings. The highest BCUT2D eigenvalue weighted by atomic mass is 32.1. The Morgan fingerprint density at radius 2 is 2.20 bits per heavy atom. The van der Waals surface area contributed by atoms with Gasteiger partial charge in [0.2, 0.25) is 5.91 Å². The van der Waals surface area contributed by atoms with E-state index < -0.39 is 0 Å². The van der Waals surface area contributed by atoms with Gasteiger partial charge in [-0.25, -0.2) is 0 Å². The van der Waals surface area contributed by atoms with Crippen LogP contribution < -0.4 is 5.32 Å². The maximum absolute atomic E-state index is 11.7. The summed E-state index contributed by atoms with van der Waals surface area (Å²) in [6.45, 7) is 3.78. The molecular formula is C14H19N3OS2. The molecule has 0 bridgehead atoms. The van der Waals surface area contributed by atoms with E-state index in [4.69, 9.17) is 12.2 Å². The normalized spacial score (nSPS) is 11.2. The Morgan fingerprint density at radius 1 is 1.45 bits per heavy atom. The van der Waals surface area contributed by atoms with Crippen molar-refractivity contribution < 1.29 is 4.79 Å². The van der Waals surface area contributed by atoms with Gasteiger partial charge >= 0.3 is 0 Å². The van der Waals surface area contributed by atoms with E-state index in [9.17, 15) is 4.79 Å². The number of carbonyl (C=O) groups is 1. The second-order valence-corrected chi connectivity index (χ2v) is 6.45. The number of nitrogens with one attached hydrogen (secondary N) is 1. The standard InChI is InChI=1S/C14H19N3OS2/c1-3-8-15-13(18)9-16(2)10-17-11-6-4-5-7-12(11)20-14(17)19/h4-7H,3,8-10H2,1-2H3,(H,15,18). The first-order chi connectivity index (χ1) is 9.61. The summed E-state index contributed by atoms with van der Waals surface area (Å²) in [5.41, 5.74) is 1.13. The average Bonchev–Trinajstić information content (AvgIpc) is 2.73. The SMILES string of the molecule is CCCNC(=O)CN(C)Cn1c(=S)sc2ccccc21. The van der Waals surface area contributed by atoms with Crippen LogP contribution >= 0.6 is 23.6 Å². The summed E-state index contributed by atoms with van der Waals surface area (Å²) in [5, 5.41) is 2.88. The quantitative estimate of drug-likeness (QED) is 0.834. The highest BCUT2D eigenvalue weighted by molar-refractivity contribution is 7.73. The summed E-state index contributed by atoms with van der Waals surface area (Å²) in [7, 11) is 1.93. The number of benzene rings is 1. The number of aromatic nitrogens is 1. The topological polar surface area (TPSA) is 37.3 Å². The van der Waals surface area contributed by atoms with Crippen molar-refractivity contribution in [2.45, 2.75) is 20.0 Å². The molecule has 1 heterocycles. The number of carbonyl (C=O) groups excluding carboxylic acids is 1. The molecule has 0 aliphatic heterocycles.